The van der Waals surface area contributed by atoms with E-state index in [0.29, 0.717) is 23.3 Å². The van der Waals surface area contributed by atoms with Crippen molar-refractivity contribution in [3.8, 4) is 17.1 Å². The number of hydrogen-bond donors (Lipinski definition) is 1. The maximum atomic E-state index is 12.7. The zero-order chi connectivity index (χ0) is 23.2. The van der Waals surface area contributed by atoms with Crippen molar-refractivity contribution < 1.29 is 14.1 Å². The van der Waals surface area contributed by atoms with E-state index >= 15 is 0 Å². The fourth-order valence-corrected chi connectivity index (χ4v) is 4.16. The number of benzene rings is 2. The first-order chi connectivity index (χ1) is 16.0. The Bertz CT molecular complexity index is 1200. The molecule has 2 aromatic heterocycles. The van der Waals surface area contributed by atoms with Crippen molar-refractivity contribution in [1.29, 1.82) is 0 Å². The van der Waals surface area contributed by atoms with Gasteiger partial charge in [-0.1, -0.05) is 47.3 Å². The number of rotatable bonds is 9. The van der Waals surface area contributed by atoms with E-state index in [0.717, 1.165) is 23.6 Å². The second-order valence-electron chi connectivity index (χ2n) is 7.49. The average Bonchev–Trinajstić information content (AvgIpc) is 3.43. The third kappa shape index (κ3) is 5.61. The van der Waals surface area contributed by atoms with Crippen molar-refractivity contribution in [1.82, 2.24) is 19.9 Å². The second-order valence-corrected chi connectivity index (χ2v) is 8.80. The van der Waals surface area contributed by atoms with Crippen LogP contribution < -0.4 is 10.1 Å². The Labute approximate surface area is 196 Å². The minimum absolute atomic E-state index is 0.183. The lowest BCUT2D eigenvalue weighted by Crippen LogP contribution is -2.23. The number of aromatic nitrogens is 4. The molecule has 2 aromatic carbocycles. The number of amides is 1. The van der Waals surface area contributed by atoms with Gasteiger partial charge >= 0.3 is 0 Å². The second kappa shape index (κ2) is 10.4. The molecule has 0 bridgehead atoms. The Morgan fingerprint density at radius 1 is 1.15 bits per heavy atom. The summed E-state index contributed by atoms with van der Waals surface area (Å²) in [7, 11) is 1.64. The van der Waals surface area contributed by atoms with Gasteiger partial charge in [0, 0.05) is 18.2 Å². The first kappa shape index (κ1) is 22.6. The van der Waals surface area contributed by atoms with Crippen LogP contribution in [-0.2, 0) is 17.8 Å². The van der Waals surface area contributed by atoms with Crippen molar-refractivity contribution in [3.63, 3.8) is 0 Å². The van der Waals surface area contributed by atoms with Gasteiger partial charge in [0.2, 0.25) is 5.91 Å². The van der Waals surface area contributed by atoms with E-state index in [2.05, 4.69) is 37.4 Å². The SMILES string of the molecule is COc1ccc(-c2nnc(SC(C)C(=O)Nc3cc(C)on3)n2CCc2ccccc2)cc1. The fraction of sp³-hybridized carbons (Fsp3) is 0.250. The summed E-state index contributed by atoms with van der Waals surface area (Å²) >= 11 is 1.36. The molecule has 0 aliphatic heterocycles. The normalized spacial score (nSPS) is 11.8. The molecule has 0 fully saturated rings. The van der Waals surface area contributed by atoms with Crippen LogP contribution in [0.25, 0.3) is 11.4 Å². The number of nitrogens with zero attached hydrogens (tertiary/aromatic N) is 4. The molecule has 0 saturated heterocycles. The molecule has 4 rings (SSSR count). The van der Waals surface area contributed by atoms with Gasteiger partial charge < -0.3 is 19.1 Å². The van der Waals surface area contributed by atoms with Crippen LogP contribution in [0.5, 0.6) is 5.75 Å². The van der Waals surface area contributed by atoms with E-state index in [-0.39, 0.29) is 5.91 Å². The summed E-state index contributed by atoms with van der Waals surface area (Å²) in [4.78, 5) is 12.7. The smallest absolute Gasteiger partial charge is 0.238 e. The highest BCUT2D eigenvalue weighted by Gasteiger charge is 2.22. The first-order valence-corrected chi connectivity index (χ1v) is 11.4. The van der Waals surface area contributed by atoms with Gasteiger partial charge in [-0.2, -0.15) is 0 Å². The number of ether oxygens (including phenoxy) is 1. The third-order valence-electron chi connectivity index (χ3n) is 5.06. The molecule has 1 atom stereocenters. The minimum Gasteiger partial charge on any atom is -0.497 e. The summed E-state index contributed by atoms with van der Waals surface area (Å²) < 4.78 is 12.3. The van der Waals surface area contributed by atoms with Gasteiger partial charge in [0.15, 0.2) is 16.8 Å². The minimum atomic E-state index is -0.412. The van der Waals surface area contributed by atoms with Gasteiger partial charge in [0.25, 0.3) is 0 Å². The Morgan fingerprint density at radius 2 is 1.91 bits per heavy atom. The van der Waals surface area contributed by atoms with Gasteiger partial charge in [0.05, 0.1) is 12.4 Å². The third-order valence-corrected chi connectivity index (χ3v) is 6.14. The van der Waals surface area contributed by atoms with Gasteiger partial charge in [0.1, 0.15) is 11.5 Å². The van der Waals surface area contributed by atoms with Crippen molar-refractivity contribution in [3.05, 3.63) is 72.0 Å². The number of nitrogens with one attached hydrogen (secondary N) is 1. The molecular formula is C24H25N5O3S. The van der Waals surface area contributed by atoms with Crippen molar-refractivity contribution in [2.45, 2.75) is 37.2 Å². The lowest BCUT2D eigenvalue weighted by atomic mass is 10.1. The van der Waals surface area contributed by atoms with Crippen LogP contribution in [0, 0.1) is 6.92 Å². The molecule has 0 aliphatic carbocycles. The zero-order valence-electron chi connectivity index (χ0n) is 18.7. The Balaban J connectivity index is 1.56. The van der Waals surface area contributed by atoms with Gasteiger partial charge in [-0.15, -0.1) is 10.2 Å². The largest absolute Gasteiger partial charge is 0.497 e. The number of carbonyl (C=O) groups is 1. The predicted octanol–water partition coefficient (Wildman–Crippen LogP) is 4.61. The van der Waals surface area contributed by atoms with Crippen LogP contribution in [0.3, 0.4) is 0 Å². The van der Waals surface area contributed by atoms with Crippen LogP contribution >= 0.6 is 11.8 Å². The van der Waals surface area contributed by atoms with E-state index in [4.69, 9.17) is 9.26 Å². The Morgan fingerprint density at radius 3 is 2.58 bits per heavy atom. The zero-order valence-corrected chi connectivity index (χ0v) is 19.5. The number of aryl methyl sites for hydroxylation is 2. The molecule has 0 spiro atoms. The molecular weight excluding hydrogens is 438 g/mol. The van der Waals surface area contributed by atoms with E-state index in [9.17, 15) is 4.79 Å². The molecule has 170 valence electrons. The molecule has 9 heteroatoms. The molecule has 0 radical (unpaired) electrons. The molecule has 0 saturated carbocycles. The van der Waals surface area contributed by atoms with Crippen LogP contribution in [0.15, 0.2) is 70.3 Å². The predicted molar refractivity (Wildman–Crippen MR) is 127 cm³/mol. The molecule has 4 aromatic rings. The van der Waals surface area contributed by atoms with E-state index in [1.54, 1.807) is 20.1 Å². The Kier molecular flexibility index (Phi) is 7.09. The lowest BCUT2D eigenvalue weighted by Gasteiger charge is -2.13. The first-order valence-electron chi connectivity index (χ1n) is 10.6. The van der Waals surface area contributed by atoms with Gasteiger partial charge in [-0.05, 0) is 50.1 Å². The highest BCUT2D eigenvalue weighted by molar-refractivity contribution is 8.00. The molecule has 1 N–H and O–H groups in total. The van der Waals surface area contributed by atoms with Gasteiger partial charge in [-0.3, -0.25) is 4.79 Å². The summed E-state index contributed by atoms with van der Waals surface area (Å²) in [5.41, 5.74) is 2.15. The number of carbonyl (C=O) groups excluding carboxylic acids is 1. The van der Waals surface area contributed by atoms with Crippen LogP contribution in [0.2, 0.25) is 0 Å². The molecule has 2 heterocycles. The summed E-state index contributed by atoms with van der Waals surface area (Å²) in [5.74, 6) is 2.37. The fourth-order valence-electron chi connectivity index (χ4n) is 3.28. The van der Waals surface area contributed by atoms with Crippen molar-refractivity contribution >= 4 is 23.5 Å². The quantitative estimate of drug-likeness (QED) is 0.362. The van der Waals surface area contributed by atoms with Crippen LogP contribution in [-0.4, -0.2) is 38.2 Å². The number of anilines is 1. The highest BCUT2D eigenvalue weighted by Crippen LogP contribution is 2.29. The van der Waals surface area contributed by atoms with Gasteiger partial charge in [-0.25, -0.2) is 0 Å². The standard InChI is InChI=1S/C24H25N5O3S/c1-16-15-21(28-32-16)25-23(30)17(2)33-24-27-26-22(19-9-11-20(31-3)12-10-19)29(24)14-13-18-7-5-4-6-8-18/h4-12,15,17H,13-14H2,1-3H3,(H,25,28,30). The number of hydrogen-bond acceptors (Lipinski definition) is 7. The molecule has 1 unspecified atom stereocenters. The summed E-state index contributed by atoms with van der Waals surface area (Å²) in [6.45, 7) is 4.28. The monoisotopic (exact) mass is 463 g/mol. The topological polar surface area (TPSA) is 95.1 Å². The maximum absolute atomic E-state index is 12.7. The number of thioether (sulfide) groups is 1. The maximum Gasteiger partial charge on any atom is 0.238 e. The lowest BCUT2D eigenvalue weighted by molar-refractivity contribution is -0.115. The van der Waals surface area contributed by atoms with Crippen molar-refractivity contribution in [2.24, 2.45) is 0 Å². The molecule has 1 amide bonds. The molecule has 0 aliphatic rings. The van der Waals surface area contributed by atoms with Crippen molar-refractivity contribution in [2.75, 3.05) is 12.4 Å². The Hall–Kier alpha value is -3.59. The number of methoxy groups -OCH3 is 1. The molecule has 8 nitrogen and oxygen atoms in total. The van der Waals surface area contributed by atoms with E-state index in [1.165, 1.54) is 17.3 Å². The van der Waals surface area contributed by atoms with E-state index in [1.807, 2.05) is 49.4 Å². The summed E-state index contributed by atoms with van der Waals surface area (Å²) in [6, 6.07) is 19.6. The van der Waals surface area contributed by atoms with Crippen LogP contribution in [0.4, 0.5) is 5.82 Å². The molecule has 33 heavy (non-hydrogen) atoms. The average molecular weight is 464 g/mol. The summed E-state index contributed by atoms with van der Waals surface area (Å²) in [5, 5.41) is 15.7. The van der Waals surface area contributed by atoms with E-state index < -0.39 is 5.25 Å². The van der Waals surface area contributed by atoms with Crippen LogP contribution in [0.1, 0.15) is 18.2 Å². The highest BCUT2D eigenvalue weighted by atomic mass is 32.2. The summed E-state index contributed by atoms with van der Waals surface area (Å²) in [6.07, 6.45) is 0.814.